The van der Waals surface area contributed by atoms with Crippen molar-refractivity contribution in [3.05, 3.63) is 11.6 Å². The molecule has 180 valence electrons. The predicted molar refractivity (Wildman–Crippen MR) is 125 cm³/mol. The number of rotatable bonds is 15. The van der Waals surface area contributed by atoms with Crippen molar-refractivity contribution in [3.63, 3.8) is 0 Å². The van der Waals surface area contributed by atoms with Crippen LogP contribution in [0.3, 0.4) is 0 Å². The number of hydrogen-bond donors (Lipinski definition) is 1. The van der Waals surface area contributed by atoms with Crippen LogP contribution >= 0.6 is 0 Å². The van der Waals surface area contributed by atoms with Crippen LogP contribution in [0, 0.1) is 0 Å². The molecule has 2 atom stereocenters. The Hall–Kier alpha value is -1.18. The minimum Gasteiger partial charge on any atom is -0.458 e. The molecule has 0 aromatic heterocycles. The number of ether oxygens (including phenoxy) is 2. The van der Waals surface area contributed by atoms with E-state index in [9.17, 15) is 14.7 Å². The number of cyclic esters (lactones) is 1. The van der Waals surface area contributed by atoms with Crippen LogP contribution in [0.25, 0.3) is 0 Å². The first kappa shape index (κ1) is 27.9. The quantitative estimate of drug-likeness (QED) is 0.195. The first-order valence-corrected chi connectivity index (χ1v) is 14.8. The van der Waals surface area contributed by atoms with E-state index in [0.29, 0.717) is 12.0 Å². The number of unbranched alkanes of at least 4 members (excludes halogenated alkanes) is 8. The fraction of sp³-hybridized carbons (Fsp3) is 0.833. The summed E-state index contributed by atoms with van der Waals surface area (Å²) in [5.74, 6) is -1.02. The van der Waals surface area contributed by atoms with Gasteiger partial charge in [0.15, 0.2) is 8.32 Å². The molecule has 1 aliphatic rings. The number of carbonyl (C=O) groups excluding carboxylic acids is 2. The Morgan fingerprint density at radius 1 is 1.06 bits per heavy atom. The molecular weight excluding hydrogens is 412 g/mol. The van der Waals surface area contributed by atoms with Gasteiger partial charge in [-0.25, -0.2) is 4.79 Å². The highest BCUT2D eigenvalue weighted by Gasteiger charge is 2.36. The lowest BCUT2D eigenvalue weighted by Crippen LogP contribution is -2.40. The van der Waals surface area contributed by atoms with Gasteiger partial charge in [-0.2, -0.15) is 0 Å². The first-order valence-electron chi connectivity index (χ1n) is 11.9. The summed E-state index contributed by atoms with van der Waals surface area (Å²) in [5, 5.41) is 10.1. The van der Waals surface area contributed by atoms with Gasteiger partial charge in [-0.15, -0.1) is 0 Å². The van der Waals surface area contributed by atoms with E-state index >= 15 is 0 Å². The second kappa shape index (κ2) is 13.4. The van der Waals surface area contributed by atoms with Crippen LogP contribution in [-0.2, 0) is 23.5 Å². The lowest BCUT2D eigenvalue weighted by atomic mass is 10.0. The summed E-state index contributed by atoms with van der Waals surface area (Å²) in [6, 6.07) is 0. The van der Waals surface area contributed by atoms with Gasteiger partial charge in [0, 0.05) is 25.2 Å². The normalized spacial score (nSPS) is 18.0. The molecule has 0 radical (unpaired) electrons. The molecule has 0 fully saturated rings. The van der Waals surface area contributed by atoms with Crippen molar-refractivity contribution >= 4 is 20.3 Å². The lowest BCUT2D eigenvalue weighted by molar-refractivity contribution is -0.153. The Bertz CT molecular complexity index is 593. The Labute approximate surface area is 189 Å². The van der Waals surface area contributed by atoms with E-state index in [1.54, 1.807) is 0 Å². The van der Waals surface area contributed by atoms with E-state index in [1.165, 1.54) is 45.1 Å². The molecule has 0 aromatic rings. The van der Waals surface area contributed by atoms with E-state index in [1.807, 2.05) is 0 Å². The smallest absolute Gasteiger partial charge is 0.333 e. The maximum Gasteiger partial charge on any atom is 0.333 e. The standard InChI is InChI=1S/C24H44O6Si/c1-19(25)29-21(20-18-22(26)30-23(20)27)16-14-12-10-8-7-9-11-13-15-17-28-31(5,6)24(2,3)4/h18,21,23,27H,7-17H2,1-6H3. The number of aliphatic hydroxyl groups excluding tert-OH is 1. The fourth-order valence-electron chi connectivity index (χ4n) is 3.38. The van der Waals surface area contributed by atoms with E-state index < -0.39 is 32.6 Å². The number of aliphatic hydroxyl groups is 1. The van der Waals surface area contributed by atoms with Crippen molar-refractivity contribution in [1.29, 1.82) is 0 Å². The summed E-state index contributed by atoms with van der Waals surface area (Å²) < 4.78 is 16.2. The number of hydrogen-bond acceptors (Lipinski definition) is 6. The zero-order chi connectivity index (χ0) is 23.5. The maximum absolute atomic E-state index is 11.3. The van der Waals surface area contributed by atoms with Crippen molar-refractivity contribution < 1.29 is 28.6 Å². The van der Waals surface area contributed by atoms with Crippen molar-refractivity contribution in [2.45, 2.75) is 122 Å². The minimum absolute atomic E-state index is 0.282. The average Bonchev–Trinajstić information content (AvgIpc) is 2.98. The monoisotopic (exact) mass is 456 g/mol. The molecule has 0 spiro atoms. The van der Waals surface area contributed by atoms with Crippen molar-refractivity contribution in [2.24, 2.45) is 0 Å². The van der Waals surface area contributed by atoms with Gasteiger partial charge in [0.25, 0.3) is 0 Å². The first-order chi connectivity index (χ1) is 14.4. The van der Waals surface area contributed by atoms with Gasteiger partial charge in [-0.1, -0.05) is 65.7 Å². The third-order valence-corrected chi connectivity index (χ3v) is 10.9. The molecule has 6 nitrogen and oxygen atoms in total. The third-order valence-electron chi connectivity index (χ3n) is 6.36. The molecule has 2 unspecified atom stereocenters. The van der Waals surface area contributed by atoms with Crippen LogP contribution in [0.1, 0.15) is 91.9 Å². The minimum atomic E-state index is -1.60. The zero-order valence-electron chi connectivity index (χ0n) is 20.5. The van der Waals surface area contributed by atoms with Crippen molar-refractivity contribution in [2.75, 3.05) is 6.61 Å². The summed E-state index contributed by atoms with van der Waals surface area (Å²) >= 11 is 0. The van der Waals surface area contributed by atoms with Gasteiger partial charge in [-0.05, 0) is 37.4 Å². The van der Waals surface area contributed by atoms with Gasteiger partial charge >= 0.3 is 11.9 Å². The van der Waals surface area contributed by atoms with Crippen LogP contribution in [0.15, 0.2) is 11.6 Å². The average molecular weight is 457 g/mol. The Kier molecular flexibility index (Phi) is 12.0. The van der Waals surface area contributed by atoms with Gasteiger partial charge in [0.05, 0.1) is 0 Å². The van der Waals surface area contributed by atoms with E-state index in [-0.39, 0.29) is 5.04 Å². The highest BCUT2D eigenvalue weighted by atomic mass is 28.4. The molecule has 0 saturated carbocycles. The maximum atomic E-state index is 11.3. The van der Waals surface area contributed by atoms with E-state index in [0.717, 1.165) is 32.3 Å². The molecule has 0 aliphatic carbocycles. The van der Waals surface area contributed by atoms with Gasteiger partial charge in [0.2, 0.25) is 6.29 Å². The molecule has 0 aromatic carbocycles. The van der Waals surface area contributed by atoms with E-state index in [2.05, 4.69) is 33.9 Å². The molecule has 0 bridgehead atoms. The highest BCUT2D eigenvalue weighted by molar-refractivity contribution is 6.74. The van der Waals surface area contributed by atoms with Gasteiger partial charge < -0.3 is 19.0 Å². The summed E-state index contributed by atoms with van der Waals surface area (Å²) in [4.78, 5) is 22.6. The van der Waals surface area contributed by atoms with Gasteiger partial charge in [0.1, 0.15) is 6.10 Å². The Morgan fingerprint density at radius 3 is 2.03 bits per heavy atom. The molecule has 1 N–H and O–H groups in total. The summed E-state index contributed by atoms with van der Waals surface area (Å²) in [6.45, 7) is 13.7. The topological polar surface area (TPSA) is 82.1 Å². The highest BCUT2D eigenvalue weighted by Crippen LogP contribution is 2.36. The second-order valence-electron chi connectivity index (χ2n) is 10.1. The van der Waals surface area contributed by atoms with Crippen LogP contribution in [0.4, 0.5) is 0 Å². The molecule has 31 heavy (non-hydrogen) atoms. The van der Waals surface area contributed by atoms with E-state index in [4.69, 9.17) is 13.9 Å². The number of esters is 2. The summed E-state index contributed by atoms with van der Waals surface area (Å²) in [5.41, 5.74) is 0.345. The molecule has 1 rings (SSSR count). The molecule has 1 heterocycles. The fourth-order valence-corrected chi connectivity index (χ4v) is 4.47. The molecule has 1 aliphatic heterocycles. The Balaban J connectivity index is 2.07. The SMILES string of the molecule is CC(=O)OC(CCCCCCCCCCCO[Si](C)(C)C(C)(C)C)C1=CC(=O)OC1O. The Morgan fingerprint density at radius 2 is 1.58 bits per heavy atom. The number of carbonyl (C=O) groups is 2. The summed E-state index contributed by atoms with van der Waals surface area (Å²) in [7, 11) is -1.60. The second-order valence-corrected chi connectivity index (χ2v) is 14.9. The lowest BCUT2D eigenvalue weighted by Gasteiger charge is -2.36. The molecule has 0 amide bonds. The van der Waals surface area contributed by atoms with Crippen molar-refractivity contribution in [3.8, 4) is 0 Å². The summed E-state index contributed by atoms with van der Waals surface area (Å²) in [6.07, 6.45) is 10.3. The van der Waals surface area contributed by atoms with Crippen LogP contribution < -0.4 is 0 Å². The largest absolute Gasteiger partial charge is 0.458 e. The van der Waals surface area contributed by atoms with Crippen molar-refractivity contribution in [1.82, 2.24) is 0 Å². The van der Waals surface area contributed by atoms with Crippen LogP contribution in [0.2, 0.25) is 18.1 Å². The molecule has 0 saturated heterocycles. The third kappa shape index (κ3) is 10.8. The van der Waals surface area contributed by atoms with Gasteiger partial charge in [-0.3, -0.25) is 4.79 Å². The predicted octanol–water partition coefficient (Wildman–Crippen LogP) is 5.64. The van der Waals surface area contributed by atoms with Crippen LogP contribution in [0.5, 0.6) is 0 Å². The zero-order valence-corrected chi connectivity index (χ0v) is 21.5. The van der Waals surface area contributed by atoms with Crippen LogP contribution in [-0.4, -0.2) is 44.4 Å². The molecular formula is C24H44O6Si. The molecule has 7 heteroatoms.